The Balaban J connectivity index is 2.12. The third kappa shape index (κ3) is 4.72. The molecule has 136 valence electrons. The molecule has 3 N–H and O–H groups in total. The van der Waals surface area contributed by atoms with Crippen LogP contribution in [0.25, 0.3) is 0 Å². The van der Waals surface area contributed by atoms with Crippen LogP contribution in [-0.4, -0.2) is 28.9 Å². The van der Waals surface area contributed by atoms with Gasteiger partial charge < -0.3 is 15.7 Å². The zero-order valence-corrected chi connectivity index (χ0v) is 15.2. The number of carbonyl (C=O) groups excluding carboxylic acids is 2. The first kappa shape index (κ1) is 19.2. The molecule has 2 rings (SSSR count). The van der Waals surface area contributed by atoms with Crippen LogP contribution in [0.4, 0.5) is 5.69 Å². The average molecular weight is 367 g/mol. The van der Waals surface area contributed by atoms with Gasteiger partial charge in [0.25, 0.3) is 5.91 Å². The number of halogens is 1. The van der Waals surface area contributed by atoms with Crippen molar-refractivity contribution in [1.29, 1.82) is 0 Å². The van der Waals surface area contributed by atoms with Gasteiger partial charge in [0.1, 0.15) is 5.41 Å². The van der Waals surface area contributed by atoms with Crippen molar-refractivity contribution in [3.8, 4) is 0 Å². The Hall–Kier alpha value is -2.08. The summed E-state index contributed by atoms with van der Waals surface area (Å²) in [5, 5.41) is 14.9. The lowest BCUT2D eigenvalue weighted by Gasteiger charge is -2.23. The van der Waals surface area contributed by atoms with Crippen molar-refractivity contribution in [2.24, 2.45) is 5.41 Å². The van der Waals surface area contributed by atoms with E-state index in [9.17, 15) is 14.4 Å². The molecular weight excluding hydrogens is 344 g/mol. The smallest absolute Gasteiger partial charge is 0.318 e. The quantitative estimate of drug-likeness (QED) is 0.695. The molecule has 1 aliphatic rings. The predicted octanol–water partition coefficient (Wildman–Crippen LogP) is 3.45. The highest BCUT2D eigenvalue weighted by atomic mass is 35.5. The molecular formula is C18H23ClN2O4. The number of aliphatic carboxylic acids is 1. The molecule has 1 aliphatic carbocycles. The van der Waals surface area contributed by atoms with Gasteiger partial charge in [0.15, 0.2) is 0 Å². The maximum atomic E-state index is 12.5. The Bertz CT molecular complexity index is 682. The van der Waals surface area contributed by atoms with Crippen LogP contribution in [0.2, 0.25) is 5.02 Å². The van der Waals surface area contributed by atoms with Gasteiger partial charge >= 0.3 is 5.97 Å². The van der Waals surface area contributed by atoms with Gasteiger partial charge in [-0.25, -0.2) is 0 Å². The molecule has 7 heteroatoms. The molecule has 0 radical (unpaired) electrons. The zero-order valence-electron chi connectivity index (χ0n) is 14.4. The number of nitrogens with one attached hydrogen (secondary N) is 2. The number of benzene rings is 1. The minimum atomic E-state index is -1.58. The van der Waals surface area contributed by atoms with Crippen molar-refractivity contribution in [2.75, 3.05) is 5.32 Å². The lowest BCUT2D eigenvalue weighted by atomic mass is 9.92. The van der Waals surface area contributed by atoms with Crippen LogP contribution in [0, 0.1) is 5.41 Å². The largest absolute Gasteiger partial charge is 0.480 e. The Morgan fingerprint density at radius 2 is 1.80 bits per heavy atom. The molecule has 6 nitrogen and oxygen atoms in total. The Labute approximate surface area is 151 Å². The van der Waals surface area contributed by atoms with Crippen LogP contribution in [0.3, 0.4) is 0 Å². The van der Waals surface area contributed by atoms with E-state index in [2.05, 4.69) is 10.6 Å². The first-order valence-corrected chi connectivity index (χ1v) is 8.75. The first-order valence-electron chi connectivity index (χ1n) is 8.37. The third-order valence-electron chi connectivity index (χ3n) is 4.51. The van der Waals surface area contributed by atoms with Crippen LogP contribution in [-0.2, 0) is 9.59 Å². The molecule has 1 aromatic carbocycles. The van der Waals surface area contributed by atoms with Gasteiger partial charge in [-0.2, -0.15) is 0 Å². The van der Waals surface area contributed by atoms with Gasteiger partial charge in [-0.15, -0.1) is 0 Å². The highest BCUT2D eigenvalue weighted by molar-refractivity contribution is 6.34. The van der Waals surface area contributed by atoms with E-state index in [1.54, 1.807) is 0 Å². The number of rotatable bonds is 5. The maximum absolute atomic E-state index is 12.5. The van der Waals surface area contributed by atoms with Gasteiger partial charge in [0.2, 0.25) is 5.91 Å². The summed E-state index contributed by atoms with van der Waals surface area (Å²) in [7, 11) is 0. The summed E-state index contributed by atoms with van der Waals surface area (Å²) >= 11 is 6.12. The molecule has 0 spiro atoms. The van der Waals surface area contributed by atoms with Crippen LogP contribution in [0.5, 0.6) is 0 Å². The van der Waals surface area contributed by atoms with Gasteiger partial charge in [-0.3, -0.25) is 14.4 Å². The molecule has 1 aromatic rings. The Morgan fingerprint density at radius 3 is 2.40 bits per heavy atom. The minimum absolute atomic E-state index is 0.140. The van der Waals surface area contributed by atoms with E-state index in [4.69, 9.17) is 16.7 Å². The third-order valence-corrected chi connectivity index (χ3v) is 4.84. The van der Waals surface area contributed by atoms with E-state index in [-0.39, 0.29) is 22.5 Å². The Kier molecular flexibility index (Phi) is 6.06. The lowest BCUT2D eigenvalue weighted by molar-refractivity contribution is -0.151. The molecule has 25 heavy (non-hydrogen) atoms. The van der Waals surface area contributed by atoms with Crippen molar-refractivity contribution < 1.29 is 19.5 Å². The van der Waals surface area contributed by atoms with Crippen LogP contribution >= 0.6 is 11.6 Å². The predicted molar refractivity (Wildman–Crippen MR) is 95.8 cm³/mol. The molecule has 0 aromatic heterocycles. The second-order valence-corrected chi connectivity index (χ2v) is 7.29. The minimum Gasteiger partial charge on any atom is -0.480 e. The molecule has 0 bridgehead atoms. The van der Waals surface area contributed by atoms with Crippen molar-refractivity contribution in [3.05, 3.63) is 28.8 Å². The van der Waals surface area contributed by atoms with E-state index in [0.29, 0.717) is 5.69 Å². The number of carboxylic acids is 1. The number of hydrogen-bond acceptors (Lipinski definition) is 3. The molecule has 0 saturated heterocycles. The molecule has 0 heterocycles. The highest BCUT2D eigenvalue weighted by Crippen LogP contribution is 2.24. The molecule has 2 amide bonds. The maximum Gasteiger partial charge on any atom is 0.318 e. The molecule has 0 unspecified atom stereocenters. The van der Waals surface area contributed by atoms with Crippen LogP contribution < -0.4 is 10.6 Å². The fourth-order valence-corrected chi connectivity index (χ4v) is 2.87. The van der Waals surface area contributed by atoms with E-state index in [1.165, 1.54) is 38.5 Å². The summed E-state index contributed by atoms with van der Waals surface area (Å²) in [6.07, 6.45) is 5.28. The average Bonchev–Trinajstić information content (AvgIpc) is 2.57. The highest BCUT2D eigenvalue weighted by Gasteiger charge is 2.36. The van der Waals surface area contributed by atoms with Gasteiger partial charge in [-0.1, -0.05) is 30.9 Å². The molecule has 0 atom stereocenters. The van der Waals surface area contributed by atoms with E-state index >= 15 is 0 Å². The number of amides is 2. The van der Waals surface area contributed by atoms with Gasteiger partial charge in [-0.05, 0) is 44.9 Å². The van der Waals surface area contributed by atoms with Crippen LogP contribution in [0.15, 0.2) is 18.2 Å². The summed E-state index contributed by atoms with van der Waals surface area (Å²) < 4.78 is 0. The summed E-state index contributed by atoms with van der Waals surface area (Å²) in [5.41, 5.74) is -0.986. The Morgan fingerprint density at radius 1 is 1.16 bits per heavy atom. The molecule has 1 saturated carbocycles. The number of hydrogen-bond donors (Lipinski definition) is 3. The van der Waals surface area contributed by atoms with Gasteiger partial charge in [0, 0.05) is 11.7 Å². The van der Waals surface area contributed by atoms with Crippen molar-refractivity contribution in [2.45, 2.75) is 52.0 Å². The summed E-state index contributed by atoms with van der Waals surface area (Å²) in [4.78, 5) is 35.8. The monoisotopic (exact) mass is 366 g/mol. The molecule has 0 aliphatic heterocycles. The van der Waals surface area contributed by atoms with Crippen molar-refractivity contribution >= 4 is 35.1 Å². The SMILES string of the molecule is CC(C)(C(=O)O)C(=O)Nc1ccc(Cl)c(C(=O)NC2CCCCC2)c1. The summed E-state index contributed by atoms with van der Waals surface area (Å²) in [5.74, 6) is -2.18. The van der Waals surface area contributed by atoms with Crippen molar-refractivity contribution in [3.63, 3.8) is 0 Å². The zero-order chi connectivity index (χ0) is 18.6. The van der Waals surface area contributed by atoms with E-state index in [1.807, 2.05) is 0 Å². The first-order chi connectivity index (χ1) is 11.7. The molecule has 1 fully saturated rings. The standard InChI is InChI=1S/C18H23ClN2O4/c1-18(2,17(24)25)16(23)21-12-8-9-14(19)13(10-12)15(22)20-11-6-4-3-5-7-11/h8-11H,3-7H2,1-2H3,(H,20,22)(H,21,23)(H,24,25). The fourth-order valence-electron chi connectivity index (χ4n) is 2.67. The second kappa shape index (κ2) is 7.87. The second-order valence-electron chi connectivity index (χ2n) is 6.89. The topological polar surface area (TPSA) is 95.5 Å². The summed E-state index contributed by atoms with van der Waals surface area (Å²) in [6, 6.07) is 4.66. The fraction of sp³-hybridized carbons (Fsp3) is 0.500. The lowest BCUT2D eigenvalue weighted by Crippen LogP contribution is -2.38. The van der Waals surface area contributed by atoms with Gasteiger partial charge in [0.05, 0.1) is 10.6 Å². The number of carbonyl (C=O) groups is 3. The van der Waals surface area contributed by atoms with E-state index < -0.39 is 17.3 Å². The normalized spacial score (nSPS) is 15.5. The summed E-state index contributed by atoms with van der Waals surface area (Å²) in [6.45, 7) is 2.63. The van der Waals surface area contributed by atoms with Crippen LogP contribution in [0.1, 0.15) is 56.3 Å². The number of carboxylic acid groups (broad SMARTS) is 1. The van der Waals surface area contributed by atoms with E-state index in [0.717, 1.165) is 25.7 Å². The van der Waals surface area contributed by atoms with Crippen molar-refractivity contribution in [1.82, 2.24) is 5.32 Å². The number of anilines is 1.